The van der Waals surface area contributed by atoms with Crippen molar-refractivity contribution in [3.63, 3.8) is 0 Å². The lowest BCUT2D eigenvalue weighted by Crippen LogP contribution is -2.45. The maximum Gasteiger partial charge on any atom is 0.233 e. The highest BCUT2D eigenvalue weighted by Crippen LogP contribution is 2.44. The summed E-state index contributed by atoms with van der Waals surface area (Å²) in [5.74, 6) is 2.86. The summed E-state index contributed by atoms with van der Waals surface area (Å²) in [4.78, 5) is 41.1. The molecule has 6 heterocycles. The van der Waals surface area contributed by atoms with Gasteiger partial charge in [0.25, 0.3) is 0 Å². The number of hydrogen-bond acceptors (Lipinski definition) is 6. The Hall–Kier alpha value is -2.13. The summed E-state index contributed by atoms with van der Waals surface area (Å²) in [6, 6.07) is 10.1. The number of Topliss-reactive ketones (excluding diaryl/α,β-unsaturated/α-hetero) is 1. The SMILES string of the molecule is Cc1cc(C)cc(-c2[nH]c3sc(C(C)(C)C(=O)N4C5CCC4CC5)cc3c2C(=O)CN2CCC(N3CCSCC3)C2)c1. The van der Waals surface area contributed by atoms with Crippen LogP contribution in [0.5, 0.6) is 0 Å². The Balaban J connectivity index is 1.21. The molecule has 7 rings (SSSR count). The fourth-order valence-electron chi connectivity index (χ4n) is 8.06. The number of carbonyl (C=O) groups is 2. The fourth-order valence-corrected chi connectivity index (χ4v) is 10.2. The molecule has 0 radical (unpaired) electrons. The molecule has 4 fully saturated rings. The van der Waals surface area contributed by atoms with E-state index in [9.17, 15) is 9.59 Å². The predicted octanol–water partition coefficient (Wildman–Crippen LogP) is 6.25. The van der Waals surface area contributed by atoms with Crippen molar-refractivity contribution in [3.05, 3.63) is 45.8 Å². The molecular weight excluding hydrogens is 561 g/mol. The topological polar surface area (TPSA) is 59.7 Å². The van der Waals surface area contributed by atoms with E-state index >= 15 is 0 Å². The van der Waals surface area contributed by atoms with Crippen molar-refractivity contribution in [1.29, 1.82) is 0 Å². The van der Waals surface area contributed by atoms with Gasteiger partial charge in [-0.1, -0.05) is 17.2 Å². The zero-order valence-corrected chi connectivity index (χ0v) is 27.1. The van der Waals surface area contributed by atoms with Gasteiger partial charge in [-0.15, -0.1) is 11.3 Å². The van der Waals surface area contributed by atoms with E-state index in [-0.39, 0.29) is 11.7 Å². The number of ketones is 1. The molecule has 4 aliphatic rings. The Morgan fingerprint density at radius 2 is 1.57 bits per heavy atom. The van der Waals surface area contributed by atoms with Crippen molar-refractivity contribution in [2.24, 2.45) is 0 Å². The minimum Gasteiger partial charge on any atom is -0.346 e. The lowest BCUT2D eigenvalue weighted by molar-refractivity contribution is -0.137. The van der Waals surface area contributed by atoms with Gasteiger partial charge in [0.1, 0.15) is 4.83 Å². The number of fused-ring (bicyclic) bond motifs is 3. The molecule has 1 atom stereocenters. The Kier molecular flexibility index (Phi) is 7.57. The van der Waals surface area contributed by atoms with E-state index in [0.717, 1.165) is 90.2 Å². The number of aromatic nitrogens is 1. The molecule has 4 saturated heterocycles. The van der Waals surface area contributed by atoms with Crippen LogP contribution in [0.1, 0.15) is 72.3 Å². The number of aryl methyl sites for hydroxylation is 2. The van der Waals surface area contributed by atoms with E-state index < -0.39 is 5.41 Å². The summed E-state index contributed by atoms with van der Waals surface area (Å²) in [7, 11) is 0. The van der Waals surface area contributed by atoms with Crippen LogP contribution < -0.4 is 0 Å². The molecule has 6 nitrogen and oxygen atoms in total. The number of rotatable bonds is 7. The van der Waals surface area contributed by atoms with Crippen LogP contribution in [0.4, 0.5) is 0 Å². The van der Waals surface area contributed by atoms with Crippen LogP contribution in [-0.4, -0.2) is 93.7 Å². The van der Waals surface area contributed by atoms with Crippen LogP contribution >= 0.6 is 23.1 Å². The van der Waals surface area contributed by atoms with Crippen molar-refractivity contribution in [2.75, 3.05) is 44.2 Å². The van der Waals surface area contributed by atoms with Crippen molar-refractivity contribution >= 4 is 45.0 Å². The van der Waals surface area contributed by atoms with Crippen LogP contribution in [0.2, 0.25) is 0 Å². The number of aromatic amines is 1. The van der Waals surface area contributed by atoms with Gasteiger partial charge in [0.05, 0.1) is 23.2 Å². The number of H-pyrrole nitrogens is 1. The number of benzene rings is 1. The minimum absolute atomic E-state index is 0.177. The van der Waals surface area contributed by atoms with Crippen LogP contribution in [0.15, 0.2) is 24.3 Å². The van der Waals surface area contributed by atoms with Gasteiger partial charge in [-0.3, -0.25) is 19.4 Å². The Labute approximate surface area is 258 Å². The first kappa shape index (κ1) is 28.6. The standard InChI is InChI=1S/C34H44N4O2S2/c1-21-15-22(2)17-23(16-21)31-30(28(39)20-36-10-9-26(19-36)37-11-13-41-14-12-37)27-18-29(42-32(27)35-31)34(3,4)33(40)38-24-5-6-25(38)8-7-24/h15-18,24-26,35H,5-14,19-20H2,1-4H3. The maximum atomic E-state index is 14.3. The molecule has 42 heavy (non-hydrogen) atoms. The van der Waals surface area contributed by atoms with E-state index in [1.807, 2.05) is 11.8 Å². The molecule has 0 spiro atoms. The molecule has 0 saturated carbocycles. The molecule has 4 aliphatic heterocycles. The normalized spacial score (nSPS) is 25.2. The van der Waals surface area contributed by atoms with Gasteiger partial charge in [-0.2, -0.15) is 11.8 Å². The van der Waals surface area contributed by atoms with E-state index in [4.69, 9.17) is 0 Å². The summed E-state index contributed by atoms with van der Waals surface area (Å²) < 4.78 is 0. The van der Waals surface area contributed by atoms with Gasteiger partial charge in [0, 0.05) is 66.1 Å². The van der Waals surface area contributed by atoms with Gasteiger partial charge < -0.3 is 9.88 Å². The summed E-state index contributed by atoms with van der Waals surface area (Å²) in [6.07, 6.45) is 5.71. The second kappa shape index (κ2) is 11.1. The Morgan fingerprint density at radius 3 is 2.24 bits per heavy atom. The third-order valence-electron chi connectivity index (χ3n) is 10.3. The number of nitrogens with one attached hydrogen (secondary N) is 1. The molecule has 0 aliphatic carbocycles. The molecule has 2 bridgehead atoms. The largest absolute Gasteiger partial charge is 0.346 e. The molecule has 3 aromatic rings. The van der Waals surface area contributed by atoms with Crippen LogP contribution in [0.25, 0.3) is 21.5 Å². The zero-order chi connectivity index (χ0) is 29.2. The number of nitrogens with zero attached hydrogens (tertiary/aromatic N) is 3. The minimum atomic E-state index is -0.620. The molecule has 224 valence electrons. The number of likely N-dealkylation sites (tertiary alicyclic amines) is 1. The summed E-state index contributed by atoms with van der Waals surface area (Å²) in [5.41, 5.74) is 4.54. The molecular formula is C34H44N4O2S2. The number of thioether (sulfide) groups is 1. The van der Waals surface area contributed by atoms with Crippen molar-refractivity contribution < 1.29 is 9.59 Å². The number of thiophene rings is 1. The third-order valence-corrected chi connectivity index (χ3v) is 12.6. The van der Waals surface area contributed by atoms with Gasteiger partial charge in [-0.25, -0.2) is 0 Å². The molecule has 1 aromatic carbocycles. The van der Waals surface area contributed by atoms with E-state index in [1.54, 1.807) is 11.3 Å². The quantitative estimate of drug-likeness (QED) is 0.323. The van der Waals surface area contributed by atoms with E-state index in [0.29, 0.717) is 24.7 Å². The lowest BCUT2D eigenvalue weighted by Gasteiger charge is -2.32. The average molecular weight is 605 g/mol. The maximum absolute atomic E-state index is 14.3. The molecule has 1 amide bonds. The average Bonchev–Trinajstić information content (AvgIpc) is 3.79. The van der Waals surface area contributed by atoms with Crippen molar-refractivity contribution in [1.82, 2.24) is 19.7 Å². The number of amides is 1. The molecule has 1 unspecified atom stereocenters. The summed E-state index contributed by atoms with van der Waals surface area (Å²) >= 11 is 3.70. The van der Waals surface area contributed by atoms with Crippen LogP contribution in [0.3, 0.4) is 0 Å². The summed E-state index contributed by atoms with van der Waals surface area (Å²) in [6.45, 7) is 13.1. The first-order valence-corrected chi connectivity index (χ1v) is 17.8. The predicted molar refractivity (Wildman–Crippen MR) is 175 cm³/mol. The molecule has 8 heteroatoms. The Bertz CT molecular complexity index is 1480. The van der Waals surface area contributed by atoms with Gasteiger partial charge in [-0.05, 0) is 83.6 Å². The van der Waals surface area contributed by atoms with E-state index in [2.05, 4.69) is 71.6 Å². The van der Waals surface area contributed by atoms with Crippen LogP contribution in [0, 0.1) is 13.8 Å². The lowest BCUT2D eigenvalue weighted by atomic mass is 9.88. The molecule has 1 N–H and O–H groups in total. The van der Waals surface area contributed by atoms with Crippen molar-refractivity contribution in [2.45, 2.75) is 83.3 Å². The highest BCUT2D eigenvalue weighted by molar-refractivity contribution is 7.99. The van der Waals surface area contributed by atoms with Gasteiger partial charge >= 0.3 is 0 Å². The number of hydrogen-bond donors (Lipinski definition) is 1. The van der Waals surface area contributed by atoms with Crippen molar-refractivity contribution in [3.8, 4) is 11.3 Å². The first-order chi connectivity index (χ1) is 20.2. The second-order valence-electron chi connectivity index (χ2n) is 13.7. The van der Waals surface area contributed by atoms with Crippen LogP contribution in [-0.2, 0) is 10.2 Å². The highest BCUT2D eigenvalue weighted by atomic mass is 32.2. The fraction of sp³-hybridized carbons (Fsp3) is 0.588. The first-order valence-electron chi connectivity index (χ1n) is 15.8. The zero-order valence-electron chi connectivity index (χ0n) is 25.5. The molecule has 2 aromatic heterocycles. The number of carbonyl (C=O) groups excluding carboxylic acids is 2. The van der Waals surface area contributed by atoms with E-state index in [1.165, 1.54) is 22.6 Å². The van der Waals surface area contributed by atoms with Gasteiger partial charge in [0.15, 0.2) is 5.78 Å². The smallest absolute Gasteiger partial charge is 0.233 e. The monoisotopic (exact) mass is 604 g/mol. The second-order valence-corrected chi connectivity index (χ2v) is 15.9. The summed E-state index contributed by atoms with van der Waals surface area (Å²) in [5, 5.41) is 0.975. The van der Waals surface area contributed by atoms with Gasteiger partial charge in [0.2, 0.25) is 5.91 Å². The Morgan fingerprint density at radius 1 is 0.905 bits per heavy atom. The third kappa shape index (κ3) is 5.06. The highest BCUT2D eigenvalue weighted by Gasteiger charge is 2.47.